The quantitative estimate of drug-likeness (QED) is 0.413. The predicted octanol–water partition coefficient (Wildman–Crippen LogP) is 5.09. The summed E-state index contributed by atoms with van der Waals surface area (Å²) in [6.07, 6.45) is 4.71. The minimum Gasteiger partial charge on any atom is -0.497 e. The van der Waals surface area contributed by atoms with Gasteiger partial charge in [-0.25, -0.2) is 9.97 Å². The van der Waals surface area contributed by atoms with Crippen molar-refractivity contribution in [2.45, 2.75) is 18.6 Å². The van der Waals surface area contributed by atoms with Gasteiger partial charge in [-0.1, -0.05) is 19.1 Å². The number of ether oxygens (including phenoxy) is 3. The Kier molecular flexibility index (Phi) is 8.41. The topological polar surface area (TPSA) is 56.7 Å². The molecule has 164 valence electrons. The predicted molar refractivity (Wildman–Crippen MR) is 127 cm³/mol. The van der Waals surface area contributed by atoms with E-state index in [1.165, 1.54) is 11.9 Å². The molecule has 3 rings (SSSR count). The molecular formula is C24H29N3O3S. The van der Waals surface area contributed by atoms with Crippen molar-refractivity contribution in [3.8, 4) is 23.1 Å². The summed E-state index contributed by atoms with van der Waals surface area (Å²) < 4.78 is 16.9. The van der Waals surface area contributed by atoms with Crippen LogP contribution in [0.25, 0.3) is 0 Å². The fourth-order valence-electron chi connectivity index (χ4n) is 2.91. The lowest BCUT2D eigenvalue weighted by Gasteiger charge is -2.19. The number of benzene rings is 2. The number of thioether (sulfide) groups is 1. The average molecular weight is 440 g/mol. The molecule has 0 aliphatic carbocycles. The summed E-state index contributed by atoms with van der Waals surface area (Å²) in [5.41, 5.74) is 1.33. The number of hydrogen-bond acceptors (Lipinski definition) is 7. The molecule has 0 amide bonds. The third kappa shape index (κ3) is 7.07. The van der Waals surface area contributed by atoms with Gasteiger partial charge >= 0.3 is 0 Å². The minimum atomic E-state index is 0.484. The highest BCUT2D eigenvalue weighted by atomic mass is 32.2. The molecule has 0 saturated heterocycles. The zero-order chi connectivity index (χ0) is 22.1. The third-order valence-electron chi connectivity index (χ3n) is 4.84. The van der Waals surface area contributed by atoms with E-state index < -0.39 is 0 Å². The first-order valence-electron chi connectivity index (χ1n) is 10.2. The highest BCUT2D eigenvalue weighted by molar-refractivity contribution is 7.99. The minimum absolute atomic E-state index is 0.484. The van der Waals surface area contributed by atoms with Crippen molar-refractivity contribution in [2.75, 3.05) is 38.5 Å². The van der Waals surface area contributed by atoms with Crippen molar-refractivity contribution in [1.29, 1.82) is 0 Å². The van der Waals surface area contributed by atoms with Crippen molar-refractivity contribution < 1.29 is 14.2 Å². The maximum absolute atomic E-state index is 5.90. The van der Waals surface area contributed by atoms with E-state index in [4.69, 9.17) is 14.2 Å². The van der Waals surface area contributed by atoms with Crippen molar-refractivity contribution in [2.24, 2.45) is 0 Å². The van der Waals surface area contributed by atoms with E-state index in [1.54, 1.807) is 7.11 Å². The zero-order valence-corrected chi connectivity index (χ0v) is 19.3. The maximum Gasteiger partial charge on any atom is 0.224 e. The fraction of sp³-hybridized carbons (Fsp3) is 0.333. The molecule has 0 N–H and O–H groups in total. The summed E-state index contributed by atoms with van der Waals surface area (Å²) in [5, 5.41) is 0.617. The van der Waals surface area contributed by atoms with Crippen molar-refractivity contribution in [1.82, 2.24) is 9.97 Å². The number of aromatic nitrogens is 2. The molecule has 1 unspecified atom stereocenters. The molecule has 1 heterocycles. The molecule has 0 bridgehead atoms. The van der Waals surface area contributed by atoms with Gasteiger partial charge < -0.3 is 19.1 Å². The van der Waals surface area contributed by atoms with Gasteiger partial charge in [0.2, 0.25) is 5.88 Å². The first-order valence-corrected chi connectivity index (χ1v) is 11.5. The van der Waals surface area contributed by atoms with Gasteiger partial charge in [-0.2, -0.15) is 11.8 Å². The van der Waals surface area contributed by atoms with Gasteiger partial charge in [0.15, 0.2) is 0 Å². The molecule has 0 fully saturated rings. The number of anilines is 1. The molecule has 0 aliphatic rings. The SMILES string of the molecule is COc1ccc(Oc2cc(N(C)CCOc3ccc(CC(C)SC)cc3)ncn2)cc1. The first-order chi connectivity index (χ1) is 15.1. The number of methoxy groups -OCH3 is 1. The van der Waals surface area contributed by atoms with Gasteiger partial charge in [-0.15, -0.1) is 0 Å². The number of likely N-dealkylation sites (N-methyl/N-ethyl adjacent to an activating group) is 1. The maximum atomic E-state index is 5.90. The van der Waals surface area contributed by atoms with Crippen LogP contribution in [0, 0.1) is 0 Å². The normalized spacial score (nSPS) is 11.6. The lowest BCUT2D eigenvalue weighted by Crippen LogP contribution is -2.24. The summed E-state index contributed by atoms with van der Waals surface area (Å²) >= 11 is 1.88. The second-order valence-electron chi connectivity index (χ2n) is 7.16. The molecule has 2 aromatic carbocycles. The second-order valence-corrected chi connectivity index (χ2v) is 8.43. The number of rotatable bonds is 11. The Morgan fingerprint density at radius 2 is 1.65 bits per heavy atom. The van der Waals surface area contributed by atoms with E-state index >= 15 is 0 Å². The van der Waals surface area contributed by atoms with E-state index in [1.807, 2.05) is 66.2 Å². The lowest BCUT2D eigenvalue weighted by molar-refractivity contribution is 0.325. The van der Waals surface area contributed by atoms with Crippen LogP contribution in [-0.2, 0) is 6.42 Å². The molecule has 1 aromatic heterocycles. The third-order valence-corrected chi connectivity index (χ3v) is 5.82. The van der Waals surface area contributed by atoms with Crippen molar-refractivity contribution >= 4 is 17.6 Å². The van der Waals surface area contributed by atoms with Gasteiger partial charge in [-0.3, -0.25) is 0 Å². The van der Waals surface area contributed by atoms with E-state index in [2.05, 4.69) is 35.3 Å². The standard InChI is InChI=1S/C24H29N3O3S/c1-18(31-4)15-19-5-7-21(8-6-19)29-14-13-27(2)23-16-24(26-17-25-23)30-22-11-9-20(28-3)10-12-22/h5-12,16-18H,13-15H2,1-4H3. The van der Waals surface area contributed by atoms with Crippen LogP contribution in [0.1, 0.15) is 12.5 Å². The molecule has 1 atom stereocenters. The molecule has 3 aromatic rings. The van der Waals surface area contributed by atoms with E-state index in [0.29, 0.717) is 30.0 Å². The van der Waals surface area contributed by atoms with Gasteiger partial charge in [0.05, 0.1) is 13.7 Å². The number of hydrogen-bond donors (Lipinski definition) is 0. The van der Waals surface area contributed by atoms with Gasteiger partial charge in [-0.05, 0) is 54.6 Å². The van der Waals surface area contributed by atoms with Gasteiger partial charge in [0, 0.05) is 18.4 Å². The summed E-state index contributed by atoms with van der Waals surface area (Å²) in [7, 11) is 3.60. The van der Waals surface area contributed by atoms with Crippen LogP contribution in [0.5, 0.6) is 23.1 Å². The monoisotopic (exact) mass is 439 g/mol. The smallest absolute Gasteiger partial charge is 0.224 e. The van der Waals surface area contributed by atoms with Crippen molar-refractivity contribution in [3.63, 3.8) is 0 Å². The Morgan fingerprint density at radius 3 is 2.32 bits per heavy atom. The Hall–Kier alpha value is -2.93. The van der Waals surface area contributed by atoms with Crippen LogP contribution >= 0.6 is 11.8 Å². The largest absolute Gasteiger partial charge is 0.497 e. The fourth-order valence-corrected chi connectivity index (χ4v) is 3.27. The Morgan fingerprint density at radius 1 is 0.968 bits per heavy atom. The summed E-state index contributed by atoms with van der Waals surface area (Å²) in [6.45, 7) is 3.48. The van der Waals surface area contributed by atoms with Crippen LogP contribution in [0.3, 0.4) is 0 Å². The zero-order valence-electron chi connectivity index (χ0n) is 18.4. The molecule has 0 aliphatic heterocycles. The molecule has 0 radical (unpaired) electrons. The van der Waals surface area contributed by atoms with Crippen LogP contribution in [0.4, 0.5) is 5.82 Å². The van der Waals surface area contributed by atoms with E-state index in [9.17, 15) is 0 Å². The van der Waals surface area contributed by atoms with E-state index in [0.717, 1.165) is 23.7 Å². The second kappa shape index (κ2) is 11.5. The molecule has 6 nitrogen and oxygen atoms in total. The summed E-state index contributed by atoms with van der Waals surface area (Å²) in [4.78, 5) is 10.5. The Bertz CT molecular complexity index is 936. The highest BCUT2D eigenvalue weighted by Crippen LogP contribution is 2.24. The molecular weight excluding hydrogens is 410 g/mol. The van der Waals surface area contributed by atoms with Crippen LogP contribution in [-0.4, -0.2) is 48.8 Å². The lowest BCUT2D eigenvalue weighted by atomic mass is 10.1. The van der Waals surface area contributed by atoms with Crippen LogP contribution < -0.4 is 19.1 Å². The average Bonchev–Trinajstić information content (AvgIpc) is 2.80. The van der Waals surface area contributed by atoms with Crippen molar-refractivity contribution in [3.05, 3.63) is 66.5 Å². The number of nitrogens with zero attached hydrogens (tertiary/aromatic N) is 3. The molecule has 0 saturated carbocycles. The highest BCUT2D eigenvalue weighted by Gasteiger charge is 2.07. The molecule has 0 spiro atoms. The first kappa shape index (κ1) is 22.7. The molecule has 7 heteroatoms. The summed E-state index contributed by atoms with van der Waals surface area (Å²) in [5.74, 6) is 3.59. The van der Waals surface area contributed by atoms with Gasteiger partial charge in [0.1, 0.15) is 36.0 Å². The summed E-state index contributed by atoms with van der Waals surface area (Å²) in [6, 6.07) is 17.5. The van der Waals surface area contributed by atoms with E-state index in [-0.39, 0.29) is 0 Å². The van der Waals surface area contributed by atoms with Crippen LogP contribution in [0.15, 0.2) is 60.9 Å². The van der Waals surface area contributed by atoms with Crippen LogP contribution in [0.2, 0.25) is 0 Å². The molecule has 31 heavy (non-hydrogen) atoms. The Balaban J connectivity index is 1.50. The Labute approximate surface area is 188 Å². The van der Waals surface area contributed by atoms with Gasteiger partial charge in [0.25, 0.3) is 0 Å².